The molecule has 0 unspecified atom stereocenters. The Morgan fingerprint density at radius 3 is 2.72 bits per heavy atom. The Labute approximate surface area is 116 Å². The molecule has 2 nitrogen and oxygen atoms in total. The largest absolute Gasteiger partial charge is 0.380 e. The second-order valence-corrected chi connectivity index (χ2v) is 6.78. The summed E-state index contributed by atoms with van der Waals surface area (Å²) >= 11 is 1.83. The van der Waals surface area contributed by atoms with Crippen LogP contribution in [0, 0.1) is 5.92 Å². The monoisotopic (exact) mass is 269 g/mol. The second-order valence-electron chi connectivity index (χ2n) is 5.83. The van der Waals surface area contributed by atoms with E-state index in [1.54, 1.807) is 0 Å². The lowest BCUT2D eigenvalue weighted by molar-refractivity contribution is 0.124. The highest BCUT2D eigenvalue weighted by atomic mass is 32.1. The summed E-state index contributed by atoms with van der Waals surface area (Å²) < 4.78 is 5.59. The van der Waals surface area contributed by atoms with Gasteiger partial charge in [-0.3, -0.25) is 0 Å². The molecule has 0 saturated carbocycles. The molecule has 0 aliphatic rings. The Morgan fingerprint density at radius 2 is 2.11 bits per heavy atom. The minimum Gasteiger partial charge on any atom is -0.380 e. The third-order valence-electron chi connectivity index (χ3n) is 3.02. The first-order valence-corrected chi connectivity index (χ1v) is 7.73. The topological polar surface area (TPSA) is 21.3 Å². The molecule has 1 aromatic heterocycles. The van der Waals surface area contributed by atoms with E-state index in [2.05, 4.69) is 50.5 Å². The number of thiophene rings is 1. The minimum absolute atomic E-state index is 0.214. The fourth-order valence-corrected chi connectivity index (χ4v) is 2.57. The Morgan fingerprint density at radius 1 is 1.33 bits per heavy atom. The Kier molecular flexibility index (Phi) is 6.90. The molecular weight excluding hydrogens is 242 g/mol. The molecular formula is C15H27NOS. The maximum Gasteiger partial charge on any atom is 0.0590 e. The number of nitrogens with one attached hydrogen (secondary N) is 1. The normalized spacial score (nSPS) is 12.3. The first kappa shape index (κ1) is 15.7. The number of hydrogen-bond donors (Lipinski definition) is 1. The van der Waals surface area contributed by atoms with Crippen molar-refractivity contribution < 1.29 is 4.74 Å². The lowest BCUT2D eigenvalue weighted by Crippen LogP contribution is -2.34. The molecule has 0 bridgehead atoms. The van der Waals surface area contributed by atoms with Crippen molar-refractivity contribution in [2.75, 3.05) is 26.3 Å². The molecule has 0 radical (unpaired) electrons. The number of rotatable bonds is 9. The van der Waals surface area contributed by atoms with Crippen LogP contribution >= 0.6 is 11.3 Å². The van der Waals surface area contributed by atoms with Crippen LogP contribution in [0.4, 0.5) is 0 Å². The van der Waals surface area contributed by atoms with Gasteiger partial charge in [0, 0.05) is 30.0 Å². The standard InChI is InChI=1S/C15H27NOS/c1-13(2)7-9-17-10-8-16-12-15(3,4)14-6-5-11-18-14/h5-6,11,13,16H,7-10,12H2,1-4H3. The highest BCUT2D eigenvalue weighted by Crippen LogP contribution is 2.26. The Hall–Kier alpha value is -0.380. The molecule has 1 N–H and O–H groups in total. The van der Waals surface area contributed by atoms with Gasteiger partial charge in [0.2, 0.25) is 0 Å². The fraction of sp³-hybridized carbons (Fsp3) is 0.733. The first-order valence-electron chi connectivity index (χ1n) is 6.85. The molecule has 1 aromatic rings. The van der Waals surface area contributed by atoms with Crippen molar-refractivity contribution in [2.45, 2.75) is 39.5 Å². The van der Waals surface area contributed by atoms with E-state index in [4.69, 9.17) is 4.74 Å². The van der Waals surface area contributed by atoms with Crippen molar-refractivity contribution >= 4 is 11.3 Å². The third kappa shape index (κ3) is 5.98. The summed E-state index contributed by atoms with van der Waals surface area (Å²) in [6, 6.07) is 4.34. The fourth-order valence-electron chi connectivity index (χ4n) is 1.72. The van der Waals surface area contributed by atoms with Crippen LogP contribution in [-0.2, 0) is 10.2 Å². The van der Waals surface area contributed by atoms with Crippen LogP contribution < -0.4 is 5.32 Å². The lowest BCUT2D eigenvalue weighted by atomic mass is 9.91. The van der Waals surface area contributed by atoms with Crippen molar-refractivity contribution in [1.82, 2.24) is 5.32 Å². The highest BCUT2D eigenvalue weighted by Gasteiger charge is 2.20. The lowest BCUT2D eigenvalue weighted by Gasteiger charge is -2.23. The molecule has 1 heterocycles. The van der Waals surface area contributed by atoms with E-state index in [1.165, 1.54) is 4.88 Å². The van der Waals surface area contributed by atoms with E-state index in [-0.39, 0.29) is 5.41 Å². The van der Waals surface area contributed by atoms with E-state index >= 15 is 0 Å². The maximum atomic E-state index is 5.59. The summed E-state index contributed by atoms with van der Waals surface area (Å²) in [5.74, 6) is 0.732. The molecule has 3 heteroatoms. The smallest absolute Gasteiger partial charge is 0.0590 e. The predicted molar refractivity (Wildman–Crippen MR) is 80.5 cm³/mol. The van der Waals surface area contributed by atoms with E-state index in [9.17, 15) is 0 Å². The Balaban J connectivity index is 2.07. The van der Waals surface area contributed by atoms with Gasteiger partial charge in [-0.2, -0.15) is 0 Å². The second kappa shape index (κ2) is 7.93. The average Bonchev–Trinajstić information content (AvgIpc) is 2.81. The molecule has 0 amide bonds. The van der Waals surface area contributed by atoms with Gasteiger partial charge in [0.1, 0.15) is 0 Å². The van der Waals surface area contributed by atoms with Gasteiger partial charge in [-0.1, -0.05) is 33.8 Å². The van der Waals surface area contributed by atoms with Crippen LogP contribution in [0.5, 0.6) is 0 Å². The van der Waals surface area contributed by atoms with Crippen molar-refractivity contribution in [2.24, 2.45) is 5.92 Å². The molecule has 18 heavy (non-hydrogen) atoms. The average molecular weight is 269 g/mol. The molecule has 0 aromatic carbocycles. The van der Waals surface area contributed by atoms with Crippen LogP contribution in [-0.4, -0.2) is 26.3 Å². The molecule has 104 valence electrons. The van der Waals surface area contributed by atoms with Crippen molar-refractivity contribution in [1.29, 1.82) is 0 Å². The molecule has 0 atom stereocenters. The molecule has 0 spiro atoms. The minimum atomic E-state index is 0.214. The van der Waals surface area contributed by atoms with Crippen LogP contribution in [0.15, 0.2) is 17.5 Å². The van der Waals surface area contributed by atoms with Gasteiger partial charge in [0.15, 0.2) is 0 Å². The molecule has 0 saturated heterocycles. The Bertz CT molecular complexity index is 306. The van der Waals surface area contributed by atoms with E-state index < -0.39 is 0 Å². The summed E-state index contributed by atoms with van der Waals surface area (Å²) in [6.07, 6.45) is 1.15. The SMILES string of the molecule is CC(C)CCOCCNCC(C)(C)c1cccs1. The summed E-state index contributed by atoms with van der Waals surface area (Å²) in [7, 11) is 0. The van der Waals surface area contributed by atoms with Crippen molar-refractivity contribution in [3.63, 3.8) is 0 Å². The van der Waals surface area contributed by atoms with E-state index in [0.717, 1.165) is 38.6 Å². The van der Waals surface area contributed by atoms with Crippen molar-refractivity contribution in [3.05, 3.63) is 22.4 Å². The van der Waals surface area contributed by atoms with Crippen LogP contribution in [0.3, 0.4) is 0 Å². The number of hydrogen-bond acceptors (Lipinski definition) is 3. The van der Waals surface area contributed by atoms with E-state index in [0.29, 0.717) is 0 Å². The molecule has 0 aliphatic carbocycles. The summed E-state index contributed by atoms with van der Waals surface area (Å²) in [5, 5.41) is 5.63. The first-order chi connectivity index (χ1) is 8.52. The summed E-state index contributed by atoms with van der Waals surface area (Å²) in [6.45, 7) is 12.7. The maximum absolute atomic E-state index is 5.59. The zero-order valence-electron chi connectivity index (χ0n) is 12.2. The van der Waals surface area contributed by atoms with Gasteiger partial charge < -0.3 is 10.1 Å². The summed E-state index contributed by atoms with van der Waals surface area (Å²) in [4.78, 5) is 1.44. The molecule has 1 rings (SSSR count). The van der Waals surface area contributed by atoms with Crippen molar-refractivity contribution in [3.8, 4) is 0 Å². The zero-order chi connectivity index (χ0) is 13.4. The van der Waals surface area contributed by atoms with Gasteiger partial charge >= 0.3 is 0 Å². The van der Waals surface area contributed by atoms with E-state index in [1.807, 2.05) is 11.3 Å². The molecule has 0 fully saturated rings. The zero-order valence-corrected chi connectivity index (χ0v) is 13.0. The highest BCUT2D eigenvalue weighted by molar-refractivity contribution is 7.10. The quantitative estimate of drug-likeness (QED) is 0.691. The van der Waals surface area contributed by atoms with Crippen LogP contribution in [0.25, 0.3) is 0 Å². The molecule has 0 aliphatic heterocycles. The predicted octanol–water partition coefficient (Wildman–Crippen LogP) is 3.68. The van der Waals surface area contributed by atoms with Gasteiger partial charge in [-0.05, 0) is 23.8 Å². The van der Waals surface area contributed by atoms with Gasteiger partial charge in [0.05, 0.1) is 6.61 Å². The number of ether oxygens (including phenoxy) is 1. The van der Waals surface area contributed by atoms with Gasteiger partial charge in [0.25, 0.3) is 0 Å². The van der Waals surface area contributed by atoms with Gasteiger partial charge in [-0.15, -0.1) is 11.3 Å². The van der Waals surface area contributed by atoms with Crippen LogP contribution in [0.1, 0.15) is 39.0 Å². The third-order valence-corrected chi connectivity index (χ3v) is 4.25. The summed E-state index contributed by atoms with van der Waals surface area (Å²) in [5.41, 5.74) is 0.214. The van der Waals surface area contributed by atoms with Gasteiger partial charge in [-0.25, -0.2) is 0 Å². The van der Waals surface area contributed by atoms with Crippen LogP contribution in [0.2, 0.25) is 0 Å².